The summed E-state index contributed by atoms with van der Waals surface area (Å²) in [5.41, 5.74) is 22.3. The van der Waals surface area contributed by atoms with Gasteiger partial charge in [0.2, 0.25) is 0 Å². The molecule has 0 atom stereocenters. The fourth-order valence-electron chi connectivity index (χ4n) is 16.2. The van der Waals surface area contributed by atoms with Gasteiger partial charge in [-0.3, -0.25) is 0 Å². The molecule has 0 aliphatic heterocycles. The maximum atomic E-state index is 2.40. The lowest BCUT2D eigenvalue weighted by molar-refractivity contribution is 1.25. The predicted molar refractivity (Wildman–Crippen MR) is 505 cm³/mol. The summed E-state index contributed by atoms with van der Waals surface area (Å²) in [6.07, 6.45) is 0. The Morgan fingerprint density at radius 2 is 0.308 bits per heavy atom. The highest BCUT2D eigenvalue weighted by molar-refractivity contribution is 7.26. The van der Waals surface area contributed by atoms with Crippen LogP contribution in [0.3, 0.4) is 0 Å². The second-order valence-corrected chi connectivity index (χ2v) is 32.1. The zero-order valence-corrected chi connectivity index (χ0v) is 66.2. The average Bonchev–Trinajstić information content (AvgIpc) is 1.50. The standard InChI is InChI=1S/C60H41N3S2.C48H35N3S/c1-5-19-44(20-6-1)61(45-21-7-2-8-22-45)48-27-15-17-42(37-48)43-18-16-28-49(38-43)62(46-23-9-3-10-24-46)50-32-35-58-55(39-50)56-40-51(33-36-59(56)64-58)63(47-25-11-4-12-26-47)52-31-34-54-53-29-13-14-30-57(53)65-60(54)41-52;1-6-17-36(18-7-1)49(37-19-8-2-9-20-37)41-27-16-28-42(33-41)51(40-25-14-5-15-26-40)43-30-32-47-46(34-43)45-31-29-44(35-48(45)52-47)50(38-21-10-3-11-22-38)39-23-12-4-13-24-39/h1-41H;1-35H. The molecule has 0 spiro atoms. The smallest absolute Gasteiger partial charge is 0.0482 e. The van der Waals surface area contributed by atoms with Crippen LogP contribution in [0.4, 0.5) is 102 Å². The highest BCUT2D eigenvalue weighted by Gasteiger charge is 2.24. The molecule has 18 aromatic carbocycles. The van der Waals surface area contributed by atoms with Crippen LogP contribution in [0.1, 0.15) is 0 Å². The van der Waals surface area contributed by atoms with Gasteiger partial charge in [0, 0.05) is 163 Å². The summed E-state index contributed by atoms with van der Waals surface area (Å²) in [7, 11) is 0. The van der Waals surface area contributed by atoms with Crippen LogP contribution in [-0.4, -0.2) is 0 Å². The Bertz CT molecular complexity index is 6910. The van der Waals surface area contributed by atoms with Crippen molar-refractivity contribution in [3.63, 3.8) is 0 Å². The van der Waals surface area contributed by atoms with Gasteiger partial charge in [0.15, 0.2) is 0 Å². The summed E-state index contributed by atoms with van der Waals surface area (Å²) in [6, 6.07) is 166. The second kappa shape index (κ2) is 32.1. The minimum Gasteiger partial charge on any atom is -0.310 e. The van der Waals surface area contributed by atoms with Gasteiger partial charge in [-0.25, -0.2) is 0 Å². The Balaban J connectivity index is 0.000000154. The van der Waals surface area contributed by atoms with E-state index in [0.29, 0.717) is 0 Å². The molecular formula is C108H76N6S3. The van der Waals surface area contributed by atoms with E-state index in [4.69, 9.17) is 0 Å². The van der Waals surface area contributed by atoms with Crippen LogP contribution in [0, 0.1) is 0 Å². The lowest BCUT2D eigenvalue weighted by atomic mass is 10.0. The van der Waals surface area contributed by atoms with Gasteiger partial charge in [0.05, 0.1) is 0 Å². The molecule has 0 N–H and O–H groups in total. The fourth-order valence-corrected chi connectivity index (χ4v) is 19.5. The van der Waals surface area contributed by atoms with Gasteiger partial charge in [-0.1, -0.05) is 224 Å². The van der Waals surface area contributed by atoms with Crippen molar-refractivity contribution in [2.45, 2.75) is 0 Å². The highest BCUT2D eigenvalue weighted by atomic mass is 32.1. The molecule has 0 saturated heterocycles. The Morgan fingerprint density at radius 1 is 0.111 bits per heavy atom. The molecule has 6 nitrogen and oxygen atoms in total. The van der Waals surface area contributed by atoms with E-state index >= 15 is 0 Å². The molecule has 21 aromatic rings. The lowest BCUT2D eigenvalue weighted by Crippen LogP contribution is -2.13. The highest BCUT2D eigenvalue weighted by Crippen LogP contribution is 2.49. The molecule has 9 heteroatoms. The SMILES string of the molecule is c1ccc(N(c2ccccc2)c2cccc(-c3cccc(N(c4ccccc4)c4ccc5sc6ccc(N(c7ccccc7)c7ccc8c(c7)sc7ccccc78)cc6c5c4)c3)c2)cc1.c1ccc(N(c2ccccc2)c2cccc(N(c3ccccc3)c3ccc4sc5cc(N(c6ccccc6)c6ccccc6)ccc5c4c3)c2)cc1. The Kier molecular flexibility index (Phi) is 19.6. The van der Waals surface area contributed by atoms with Gasteiger partial charge in [-0.05, 0) is 248 Å². The number of anilines is 18. The molecule has 0 amide bonds. The Labute approximate surface area is 693 Å². The molecule has 0 saturated carbocycles. The van der Waals surface area contributed by atoms with Crippen molar-refractivity contribution in [2.75, 3.05) is 29.4 Å². The summed E-state index contributed by atoms with van der Waals surface area (Å²) < 4.78 is 7.66. The molecule has 117 heavy (non-hydrogen) atoms. The molecule has 556 valence electrons. The van der Waals surface area contributed by atoms with Crippen molar-refractivity contribution in [1.82, 2.24) is 0 Å². The van der Waals surface area contributed by atoms with Crippen molar-refractivity contribution in [3.05, 3.63) is 461 Å². The third-order valence-electron chi connectivity index (χ3n) is 21.5. The van der Waals surface area contributed by atoms with Gasteiger partial charge < -0.3 is 29.4 Å². The third-order valence-corrected chi connectivity index (χ3v) is 25.0. The molecule has 3 aromatic heterocycles. The zero-order valence-electron chi connectivity index (χ0n) is 63.8. The Morgan fingerprint density at radius 3 is 0.624 bits per heavy atom. The quantitative estimate of drug-likeness (QED) is 0.0798. The number of rotatable bonds is 19. The number of hydrogen-bond donors (Lipinski definition) is 0. The first-order valence-electron chi connectivity index (χ1n) is 39.4. The molecule has 0 aliphatic rings. The monoisotopic (exact) mass is 1550 g/mol. The first-order valence-corrected chi connectivity index (χ1v) is 41.9. The van der Waals surface area contributed by atoms with E-state index in [-0.39, 0.29) is 0 Å². The zero-order chi connectivity index (χ0) is 77.8. The Hall–Kier alpha value is -14.6. The second-order valence-electron chi connectivity index (χ2n) is 28.9. The van der Waals surface area contributed by atoms with Crippen LogP contribution in [0.25, 0.3) is 71.6 Å². The van der Waals surface area contributed by atoms with Crippen LogP contribution < -0.4 is 29.4 Å². The molecule has 21 rings (SSSR count). The number of benzene rings is 18. The summed E-state index contributed by atoms with van der Waals surface area (Å²) in [4.78, 5) is 14.1. The van der Waals surface area contributed by atoms with Crippen LogP contribution in [-0.2, 0) is 0 Å². The largest absolute Gasteiger partial charge is 0.310 e. The van der Waals surface area contributed by atoms with Gasteiger partial charge in [-0.15, -0.1) is 34.0 Å². The van der Waals surface area contributed by atoms with Crippen LogP contribution in [0.15, 0.2) is 461 Å². The van der Waals surface area contributed by atoms with Gasteiger partial charge in [-0.2, -0.15) is 0 Å². The van der Waals surface area contributed by atoms with E-state index in [1.54, 1.807) is 0 Å². The topological polar surface area (TPSA) is 19.4 Å². The van der Waals surface area contributed by atoms with Crippen molar-refractivity contribution in [2.24, 2.45) is 0 Å². The van der Waals surface area contributed by atoms with Crippen LogP contribution in [0.5, 0.6) is 0 Å². The minimum absolute atomic E-state index is 1.09. The molecule has 0 aliphatic carbocycles. The van der Waals surface area contributed by atoms with Crippen LogP contribution >= 0.6 is 34.0 Å². The maximum absolute atomic E-state index is 2.40. The normalized spacial score (nSPS) is 11.2. The van der Waals surface area contributed by atoms with Crippen LogP contribution in [0.2, 0.25) is 0 Å². The number of hydrogen-bond acceptors (Lipinski definition) is 9. The van der Waals surface area contributed by atoms with Gasteiger partial charge >= 0.3 is 0 Å². The predicted octanol–water partition coefficient (Wildman–Crippen LogP) is 33.0. The molecular weight excluding hydrogens is 1480 g/mol. The van der Waals surface area contributed by atoms with Gasteiger partial charge in [0.1, 0.15) is 0 Å². The van der Waals surface area contributed by atoms with Crippen molar-refractivity contribution in [1.29, 1.82) is 0 Å². The molecule has 0 radical (unpaired) electrons. The summed E-state index contributed by atoms with van der Waals surface area (Å²) in [5, 5.41) is 7.60. The van der Waals surface area contributed by atoms with Crippen molar-refractivity contribution in [3.8, 4) is 11.1 Å². The minimum atomic E-state index is 1.09. The van der Waals surface area contributed by atoms with Crippen molar-refractivity contribution >= 4 is 197 Å². The van der Waals surface area contributed by atoms with E-state index in [9.17, 15) is 0 Å². The molecule has 3 heterocycles. The van der Waals surface area contributed by atoms with E-state index in [2.05, 4.69) is 490 Å². The first-order chi connectivity index (χ1) is 58.0. The summed E-state index contributed by atoms with van der Waals surface area (Å²) in [6.45, 7) is 0. The summed E-state index contributed by atoms with van der Waals surface area (Å²) >= 11 is 5.55. The number of para-hydroxylation sites is 9. The molecule has 0 bridgehead atoms. The van der Waals surface area contributed by atoms with E-state index < -0.39 is 0 Å². The van der Waals surface area contributed by atoms with Crippen molar-refractivity contribution < 1.29 is 0 Å². The lowest BCUT2D eigenvalue weighted by Gasteiger charge is -2.29. The van der Waals surface area contributed by atoms with E-state index in [1.807, 2.05) is 34.0 Å². The number of nitrogens with zero attached hydrogens (tertiary/aromatic N) is 6. The van der Waals surface area contributed by atoms with E-state index in [0.717, 1.165) is 113 Å². The fraction of sp³-hybridized carbons (Fsp3) is 0. The third kappa shape index (κ3) is 14.4. The first kappa shape index (κ1) is 71.5. The number of thiophene rings is 3. The summed E-state index contributed by atoms with van der Waals surface area (Å²) in [5.74, 6) is 0. The maximum Gasteiger partial charge on any atom is 0.0482 e. The number of fused-ring (bicyclic) bond motifs is 9. The van der Waals surface area contributed by atoms with E-state index in [1.165, 1.54) is 60.5 Å². The molecule has 0 fully saturated rings. The molecule has 0 unspecified atom stereocenters. The van der Waals surface area contributed by atoms with Gasteiger partial charge in [0.25, 0.3) is 0 Å². The average molecular weight is 1550 g/mol.